The third kappa shape index (κ3) is 3.60. The van der Waals surface area contributed by atoms with Crippen molar-refractivity contribution >= 4 is 40.0 Å². The molecule has 10 heteroatoms. The Labute approximate surface area is 178 Å². The average Bonchev–Trinajstić information content (AvgIpc) is 3.03. The van der Waals surface area contributed by atoms with Gasteiger partial charge in [0.05, 0.1) is 23.3 Å². The van der Waals surface area contributed by atoms with Gasteiger partial charge in [-0.05, 0) is 25.1 Å². The third-order valence-corrected chi connectivity index (χ3v) is 5.63. The Balaban J connectivity index is 1.49. The van der Waals surface area contributed by atoms with Crippen LogP contribution in [-0.4, -0.2) is 58.4 Å². The molecule has 1 saturated heterocycles. The minimum absolute atomic E-state index is 0.0624. The van der Waals surface area contributed by atoms with E-state index in [1.54, 1.807) is 27.9 Å². The molecule has 1 aromatic carbocycles. The predicted octanol–water partition coefficient (Wildman–Crippen LogP) is 2.55. The summed E-state index contributed by atoms with van der Waals surface area (Å²) in [5.41, 5.74) is 7.61. The molecule has 3 aromatic rings. The van der Waals surface area contributed by atoms with Crippen molar-refractivity contribution in [1.82, 2.24) is 19.7 Å². The van der Waals surface area contributed by atoms with E-state index in [2.05, 4.69) is 10.1 Å². The van der Waals surface area contributed by atoms with Crippen LogP contribution in [0, 0.1) is 5.82 Å². The largest absolute Gasteiger partial charge is 0.495 e. The summed E-state index contributed by atoms with van der Waals surface area (Å²) in [5, 5.41) is 4.47. The lowest BCUT2D eigenvalue weighted by atomic mass is 10.1. The molecule has 0 aliphatic carbocycles. The molecule has 0 radical (unpaired) electrons. The van der Waals surface area contributed by atoms with E-state index in [4.69, 9.17) is 22.1 Å². The second kappa shape index (κ2) is 7.98. The highest BCUT2D eigenvalue weighted by Crippen LogP contribution is 2.33. The van der Waals surface area contributed by atoms with Gasteiger partial charge in [0.15, 0.2) is 5.82 Å². The number of nitrogen functional groups attached to an aromatic ring is 1. The first kappa shape index (κ1) is 20.2. The van der Waals surface area contributed by atoms with Crippen LogP contribution in [0.5, 0.6) is 5.75 Å². The second-order valence-electron chi connectivity index (χ2n) is 7.23. The van der Waals surface area contributed by atoms with Crippen molar-refractivity contribution < 1.29 is 13.9 Å². The van der Waals surface area contributed by atoms with Crippen LogP contribution >= 0.6 is 11.6 Å². The molecule has 0 spiro atoms. The van der Waals surface area contributed by atoms with Gasteiger partial charge >= 0.3 is 0 Å². The summed E-state index contributed by atoms with van der Waals surface area (Å²) in [4.78, 5) is 20.8. The molecule has 158 valence electrons. The van der Waals surface area contributed by atoms with Crippen molar-refractivity contribution in [3.8, 4) is 5.75 Å². The van der Waals surface area contributed by atoms with Gasteiger partial charge < -0.3 is 20.3 Å². The van der Waals surface area contributed by atoms with Gasteiger partial charge in [-0.2, -0.15) is 5.10 Å². The average molecular weight is 433 g/mol. The number of piperazine rings is 1. The predicted molar refractivity (Wildman–Crippen MR) is 113 cm³/mol. The van der Waals surface area contributed by atoms with Gasteiger partial charge in [0.1, 0.15) is 23.6 Å². The SMILES string of the molecule is COc1cc(N2CCN(C(=O)Cn3nc(N)c4ncccc43)C(C)C2)c(F)cc1Cl. The standard InChI is InChI=1S/C20H22ClFN6O2/c1-12-10-26(16-9-17(30-2)13(21)8-14(16)22)6-7-27(12)18(29)11-28-15-4-3-5-24-19(15)20(23)25-28/h3-5,8-9,12H,6-7,10-11H2,1-2H3,(H2,23,25). The van der Waals surface area contributed by atoms with E-state index in [-0.39, 0.29) is 23.5 Å². The minimum Gasteiger partial charge on any atom is -0.495 e. The fourth-order valence-electron chi connectivity index (χ4n) is 3.84. The van der Waals surface area contributed by atoms with E-state index in [1.165, 1.54) is 13.2 Å². The summed E-state index contributed by atoms with van der Waals surface area (Å²) in [7, 11) is 1.49. The molecule has 1 unspecified atom stereocenters. The van der Waals surface area contributed by atoms with Crippen molar-refractivity contribution in [2.45, 2.75) is 19.5 Å². The number of nitrogens with zero attached hydrogens (tertiary/aromatic N) is 5. The zero-order chi connectivity index (χ0) is 21.4. The first-order chi connectivity index (χ1) is 14.4. The number of hydrogen-bond donors (Lipinski definition) is 1. The van der Waals surface area contributed by atoms with Crippen molar-refractivity contribution in [2.75, 3.05) is 37.4 Å². The van der Waals surface area contributed by atoms with Crippen molar-refractivity contribution in [3.05, 3.63) is 41.3 Å². The Morgan fingerprint density at radius 3 is 2.93 bits per heavy atom. The lowest BCUT2D eigenvalue weighted by Crippen LogP contribution is -2.55. The molecular weight excluding hydrogens is 411 g/mol. The number of benzene rings is 1. The van der Waals surface area contributed by atoms with Crippen LogP contribution in [0.15, 0.2) is 30.5 Å². The summed E-state index contributed by atoms with van der Waals surface area (Å²) >= 11 is 6.00. The number of pyridine rings is 1. The topological polar surface area (TPSA) is 89.5 Å². The Bertz CT molecular complexity index is 1100. The maximum Gasteiger partial charge on any atom is 0.244 e. The number of fused-ring (bicyclic) bond motifs is 1. The summed E-state index contributed by atoms with van der Waals surface area (Å²) in [5.74, 6) is 0.211. The zero-order valence-corrected chi connectivity index (χ0v) is 17.4. The van der Waals surface area contributed by atoms with Crippen LogP contribution in [0.1, 0.15) is 6.92 Å². The summed E-state index contributed by atoms with van der Waals surface area (Å²) in [6.45, 7) is 3.43. The van der Waals surface area contributed by atoms with E-state index in [0.29, 0.717) is 47.9 Å². The molecule has 1 atom stereocenters. The Morgan fingerprint density at radius 2 is 2.20 bits per heavy atom. The molecule has 2 aromatic heterocycles. The van der Waals surface area contributed by atoms with Crippen LogP contribution < -0.4 is 15.4 Å². The molecule has 4 rings (SSSR count). The Kier molecular flexibility index (Phi) is 5.38. The number of amides is 1. The number of aromatic nitrogens is 3. The van der Waals surface area contributed by atoms with E-state index in [9.17, 15) is 9.18 Å². The maximum atomic E-state index is 14.5. The second-order valence-corrected chi connectivity index (χ2v) is 7.64. The number of hydrogen-bond acceptors (Lipinski definition) is 6. The molecule has 1 aliphatic rings. The Morgan fingerprint density at radius 1 is 1.40 bits per heavy atom. The molecule has 8 nitrogen and oxygen atoms in total. The van der Waals surface area contributed by atoms with E-state index < -0.39 is 5.82 Å². The van der Waals surface area contributed by atoms with Crippen LogP contribution in [0.4, 0.5) is 15.9 Å². The van der Waals surface area contributed by atoms with Crippen LogP contribution in [-0.2, 0) is 11.3 Å². The molecule has 2 N–H and O–H groups in total. The van der Waals surface area contributed by atoms with Gasteiger partial charge in [-0.15, -0.1) is 0 Å². The molecular formula is C20H22ClFN6O2. The normalized spacial score (nSPS) is 16.9. The first-order valence-corrected chi connectivity index (χ1v) is 9.91. The fourth-order valence-corrected chi connectivity index (χ4v) is 4.06. The van der Waals surface area contributed by atoms with Crippen molar-refractivity contribution in [2.24, 2.45) is 0 Å². The monoisotopic (exact) mass is 432 g/mol. The molecule has 0 saturated carbocycles. The summed E-state index contributed by atoms with van der Waals surface area (Å²) in [6, 6.07) is 6.33. The number of rotatable bonds is 4. The number of anilines is 2. The lowest BCUT2D eigenvalue weighted by Gasteiger charge is -2.41. The number of carbonyl (C=O) groups is 1. The third-order valence-electron chi connectivity index (χ3n) is 5.33. The molecule has 3 heterocycles. The Hall–Kier alpha value is -3.07. The number of ether oxygens (including phenoxy) is 1. The minimum atomic E-state index is -0.418. The van der Waals surface area contributed by atoms with Gasteiger partial charge in [0, 0.05) is 37.9 Å². The van der Waals surface area contributed by atoms with Crippen molar-refractivity contribution in [3.63, 3.8) is 0 Å². The molecule has 0 bridgehead atoms. The zero-order valence-electron chi connectivity index (χ0n) is 16.7. The highest BCUT2D eigenvalue weighted by atomic mass is 35.5. The maximum absolute atomic E-state index is 14.5. The molecule has 1 aliphatic heterocycles. The smallest absolute Gasteiger partial charge is 0.244 e. The van der Waals surface area contributed by atoms with E-state index in [0.717, 1.165) is 0 Å². The molecule has 30 heavy (non-hydrogen) atoms. The first-order valence-electron chi connectivity index (χ1n) is 9.53. The van der Waals surface area contributed by atoms with E-state index in [1.807, 2.05) is 17.9 Å². The van der Waals surface area contributed by atoms with E-state index >= 15 is 0 Å². The fraction of sp³-hybridized carbons (Fsp3) is 0.350. The van der Waals surface area contributed by atoms with Gasteiger partial charge in [-0.3, -0.25) is 14.5 Å². The van der Waals surface area contributed by atoms with Crippen LogP contribution in [0.2, 0.25) is 5.02 Å². The quantitative estimate of drug-likeness (QED) is 0.681. The molecule has 1 fully saturated rings. The van der Waals surface area contributed by atoms with Gasteiger partial charge in [-0.25, -0.2) is 4.39 Å². The van der Waals surface area contributed by atoms with Crippen LogP contribution in [0.25, 0.3) is 11.0 Å². The van der Waals surface area contributed by atoms with Gasteiger partial charge in [0.25, 0.3) is 0 Å². The number of nitrogens with two attached hydrogens (primary N) is 1. The molecule has 1 amide bonds. The van der Waals surface area contributed by atoms with Gasteiger partial charge in [0.2, 0.25) is 5.91 Å². The van der Waals surface area contributed by atoms with Crippen LogP contribution in [0.3, 0.4) is 0 Å². The highest BCUT2D eigenvalue weighted by molar-refractivity contribution is 6.32. The highest BCUT2D eigenvalue weighted by Gasteiger charge is 2.29. The number of methoxy groups -OCH3 is 1. The number of carbonyl (C=O) groups excluding carboxylic acids is 1. The summed E-state index contributed by atoms with van der Waals surface area (Å²) < 4.78 is 21.3. The lowest BCUT2D eigenvalue weighted by molar-refractivity contribution is -0.134. The van der Waals surface area contributed by atoms with Gasteiger partial charge in [-0.1, -0.05) is 11.6 Å². The number of halogens is 2. The van der Waals surface area contributed by atoms with Crippen molar-refractivity contribution in [1.29, 1.82) is 0 Å². The summed E-state index contributed by atoms with van der Waals surface area (Å²) in [6.07, 6.45) is 1.64.